The highest BCUT2D eigenvalue weighted by atomic mass is 19.1. The molecule has 206 valence electrons. The average Bonchev–Trinajstić information content (AvgIpc) is 3.66. The number of hydrogen-bond donors (Lipinski definition) is 2. The number of nitriles is 1. The molecule has 3 aromatic rings. The van der Waals surface area contributed by atoms with Crippen LogP contribution in [0.4, 0.5) is 4.39 Å². The van der Waals surface area contributed by atoms with E-state index in [1.165, 1.54) is 12.1 Å². The van der Waals surface area contributed by atoms with Gasteiger partial charge in [-0.1, -0.05) is 73.5 Å². The van der Waals surface area contributed by atoms with Crippen LogP contribution < -0.4 is 11.1 Å². The summed E-state index contributed by atoms with van der Waals surface area (Å²) in [4.78, 5) is 13.5. The van der Waals surface area contributed by atoms with Gasteiger partial charge in [0.25, 0.3) is 5.91 Å². The Balaban J connectivity index is 1.50. The zero-order chi connectivity index (χ0) is 28.4. The smallest absolute Gasteiger partial charge is 0.251 e. The van der Waals surface area contributed by atoms with Gasteiger partial charge in [-0.2, -0.15) is 5.26 Å². The Morgan fingerprint density at radius 1 is 1.18 bits per heavy atom. The highest BCUT2D eigenvalue weighted by Gasteiger charge is 2.57. The molecular weight excluding hydrogens is 505 g/mol. The number of benzene rings is 2. The minimum atomic E-state index is -0.979. The molecular formula is C32H34FN5O2. The number of rotatable bonds is 8. The van der Waals surface area contributed by atoms with Crippen LogP contribution in [0.5, 0.6) is 0 Å². The van der Waals surface area contributed by atoms with Crippen molar-refractivity contribution in [3.63, 3.8) is 0 Å². The van der Waals surface area contributed by atoms with E-state index in [1.807, 2.05) is 56.3 Å². The van der Waals surface area contributed by atoms with Crippen LogP contribution >= 0.6 is 0 Å². The van der Waals surface area contributed by atoms with E-state index in [0.29, 0.717) is 37.1 Å². The van der Waals surface area contributed by atoms with Gasteiger partial charge in [0, 0.05) is 5.57 Å². The molecule has 3 N–H and O–H groups in total. The van der Waals surface area contributed by atoms with Gasteiger partial charge < -0.3 is 15.5 Å². The first-order valence-electron chi connectivity index (χ1n) is 13.7. The quantitative estimate of drug-likeness (QED) is 0.379. The molecule has 0 aliphatic heterocycles. The zero-order valence-electron chi connectivity index (χ0n) is 22.9. The number of allylic oxidation sites excluding steroid dienone is 2. The Kier molecular flexibility index (Phi) is 7.43. The number of carbonyl (C=O) groups is 1. The van der Waals surface area contributed by atoms with Crippen molar-refractivity contribution in [1.82, 2.24) is 15.5 Å². The van der Waals surface area contributed by atoms with E-state index < -0.39 is 16.4 Å². The second-order valence-corrected chi connectivity index (χ2v) is 11.3. The first-order valence-corrected chi connectivity index (χ1v) is 13.7. The number of nitrogens with one attached hydrogen (secondary N) is 1. The topological polar surface area (TPSA) is 118 Å². The molecule has 0 bridgehead atoms. The van der Waals surface area contributed by atoms with Gasteiger partial charge in [0.15, 0.2) is 0 Å². The van der Waals surface area contributed by atoms with Crippen molar-refractivity contribution in [3.8, 4) is 6.07 Å². The van der Waals surface area contributed by atoms with Crippen molar-refractivity contribution in [2.45, 2.75) is 69.4 Å². The summed E-state index contributed by atoms with van der Waals surface area (Å²) in [5.41, 5.74) is 6.22. The molecule has 0 radical (unpaired) electrons. The molecule has 8 heteroatoms. The Bertz CT molecular complexity index is 1460. The summed E-state index contributed by atoms with van der Waals surface area (Å²) in [6.07, 6.45) is 9.60. The molecule has 3 atom stereocenters. The van der Waals surface area contributed by atoms with Gasteiger partial charge in [-0.25, -0.2) is 4.39 Å². The number of nitrogens with two attached hydrogens (primary N) is 1. The van der Waals surface area contributed by atoms with Crippen molar-refractivity contribution < 1.29 is 13.6 Å². The molecule has 5 rings (SSSR count). The van der Waals surface area contributed by atoms with E-state index >= 15 is 0 Å². The first-order chi connectivity index (χ1) is 19.2. The summed E-state index contributed by atoms with van der Waals surface area (Å²) < 4.78 is 19.7. The molecule has 40 heavy (non-hydrogen) atoms. The standard InChI is InChI=1S/C32H34FN5O2/c1-22(24-12-14-26(33)15-13-24)36-27(39)25-11-8-18-32(20-25,31(21-34)16-6-7-17-31)29-38-37-28(40-29)30(2,35)19-23-9-4-3-5-10-23/h3-5,8-15,20,22H,6-7,16-19,35H2,1-2H3,(H,36,39)/t22-,30-,32?/m1/s1. The minimum Gasteiger partial charge on any atom is -0.422 e. The van der Waals surface area contributed by atoms with Crippen LogP contribution in [0.2, 0.25) is 0 Å². The molecule has 7 nitrogen and oxygen atoms in total. The van der Waals surface area contributed by atoms with E-state index in [9.17, 15) is 14.4 Å². The molecule has 0 spiro atoms. The fourth-order valence-electron chi connectivity index (χ4n) is 6.05. The van der Waals surface area contributed by atoms with Gasteiger partial charge in [-0.05, 0) is 62.8 Å². The summed E-state index contributed by atoms with van der Waals surface area (Å²) in [7, 11) is 0. The monoisotopic (exact) mass is 539 g/mol. The van der Waals surface area contributed by atoms with Gasteiger partial charge in [0.2, 0.25) is 11.8 Å². The maximum absolute atomic E-state index is 13.5. The van der Waals surface area contributed by atoms with Gasteiger partial charge in [0.1, 0.15) is 5.82 Å². The lowest BCUT2D eigenvalue weighted by Gasteiger charge is -2.41. The lowest BCUT2D eigenvalue weighted by atomic mass is 9.59. The summed E-state index contributed by atoms with van der Waals surface area (Å²) in [6.45, 7) is 3.70. The predicted octanol–water partition coefficient (Wildman–Crippen LogP) is 5.71. The van der Waals surface area contributed by atoms with Crippen LogP contribution in [-0.4, -0.2) is 16.1 Å². The average molecular weight is 540 g/mol. The second kappa shape index (κ2) is 10.8. The maximum atomic E-state index is 13.5. The lowest BCUT2D eigenvalue weighted by molar-refractivity contribution is -0.117. The molecule has 1 amide bonds. The third-order valence-corrected chi connectivity index (χ3v) is 8.35. The van der Waals surface area contributed by atoms with Gasteiger partial charge in [0.05, 0.1) is 28.5 Å². The largest absolute Gasteiger partial charge is 0.422 e. The molecule has 2 aromatic carbocycles. The number of carbonyl (C=O) groups excluding carboxylic acids is 1. The molecule has 0 saturated heterocycles. The second-order valence-electron chi connectivity index (χ2n) is 11.3. The van der Waals surface area contributed by atoms with Crippen LogP contribution in [0.3, 0.4) is 0 Å². The number of aromatic nitrogens is 2. The zero-order valence-corrected chi connectivity index (χ0v) is 22.9. The molecule has 1 fully saturated rings. The fraction of sp³-hybridized carbons (Fsp3) is 0.375. The maximum Gasteiger partial charge on any atom is 0.251 e. The van der Waals surface area contributed by atoms with E-state index in [4.69, 9.17) is 10.2 Å². The van der Waals surface area contributed by atoms with Gasteiger partial charge in [-0.3, -0.25) is 4.79 Å². The van der Waals surface area contributed by atoms with E-state index in [0.717, 1.165) is 24.0 Å². The number of hydrogen-bond acceptors (Lipinski definition) is 6. The van der Waals surface area contributed by atoms with Crippen molar-refractivity contribution >= 4 is 5.91 Å². The van der Waals surface area contributed by atoms with Crippen molar-refractivity contribution in [2.75, 3.05) is 0 Å². The minimum absolute atomic E-state index is 0.288. The predicted molar refractivity (Wildman–Crippen MR) is 149 cm³/mol. The molecule has 2 aliphatic carbocycles. The Hall–Kier alpha value is -4.09. The highest BCUT2D eigenvalue weighted by Crippen LogP contribution is 2.56. The van der Waals surface area contributed by atoms with E-state index in [2.05, 4.69) is 21.6 Å². The number of amides is 1. The summed E-state index contributed by atoms with van der Waals surface area (Å²) >= 11 is 0. The van der Waals surface area contributed by atoms with Crippen molar-refractivity contribution in [2.24, 2.45) is 11.1 Å². The molecule has 1 aromatic heterocycles. The number of halogens is 1. The highest BCUT2D eigenvalue weighted by molar-refractivity contribution is 5.97. The van der Waals surface area contributed by atoms with Crippen LogP contribution in [0.15, 0.2) is 82.8 Å². The van der Waals surface area contributed by atoms with Gasteiger partial charge in [-0.15, -0.1) is 10.2 Å². The summed E-state index contributed by atoms with van der Waals surface area (Å²) in [5.74, 6) is -0.0389. The molecule has 1 unspecified atom stereocenters. The summed E-state index contributed by atoms with van der Waals surface area (Å²) in [5, 5.41) is 22.4. The molecule has 1 heterocycles. The SMILES string of the molecule is C[C@@H](NC(=O)C1=CC(c2nnc([C@](C)(N)Cc3ccccc3)o2)(C2(C#N)CCCC2)CC=C1)c1ccc(F)cc1. The van der Waals surface area contributed by atoms with Crippen LogP contribution in [0.25, 0.3) is 0 Å². The number of nitrogens with zero attached hydrogens (tertiary/aromatic N) is 3. The third-order valence-electron chi connectivity index (χ3n) is 8.35. The van der Waals surface area contributed by atoms with E-state index in [1.54, 1.807) is 18.2 Å². The summed E-state index contributed by atoms with van der Waals surface area (Å²) in [6, 6.07) is 18.2. The third kappa shape index (κ3) is 5.09. The molecule has 2 aliphatic rings. The van der Waals surface area contributed by atoms with Crippen molar-refractivity contribution in [3.05, 3.63) is 107 Å². The lowest BCUT2D eigenvalue weighted by Crippen LogP contribution is -2.44. The normalized spacial score (nSPS) is 22.1. The first kappa shape index (κ1) is 27.5. The Labute approximate surface area is 234 Å². The Morgan fingerprint density at radius 2 is 1.88 bits per heavy atom. The van der Waals surface area contributed by atoms with Crippen molar-refractivity contribution in [1.29, 1.82) is 5.26 Å². The van der Waals surface area contributed by atoms with Crippen LogP contribution in [-0.2, 0) is 22.2 Å². The van der Waals surface area contributed by atoms with Crippen LogP contribution in [0, 0.1) is 22.6 Å². The molecule has 1 saturated carbocycles. The van der Waals surface area contributed by atoms with Crippen LogP contribution in [0.1, 0.15) is 74.9 Å². The Morgan fingerprint density at radius 3 is 2.55 bits per heavy atom. The van der Waals surface area contributed by atoms with Gasteiger partial charge >= 0.3 is 0 Å². The van der Waals surface area contributed by atoms with E-state index in [-0.39, 0.29) is 23.7 Å². The fourth-order valence-corrected chi connectivity index (χ4v) is 6.05.